The van der Waals surface area contributed by atoms with Crippen molar-refractivity contribution in [3.05, 3.63) is 61.0 Å². The second kappa shape index (κ2) is 12.9. The molecule has 0 radical (unpaired) electrons. The molecular formula is C28H31Br2N3O5. The lowest BCUT2D eigenvalue weighted by Gasteiger charge is -2.22. The molecule has 0 amide bonds. The van der Waals surface area contributed by atoms with E-state index >= 15 is 0 Å². The molecule has 0 aliphatic heterocycles. The zero-order valence-electron chi connectivity index (χ0n) is 21.7. The second-order valence-corrected chi connectivity index (χ2v) is 11.0. The molecule has 1 aromatic heterocycles. The van der Waals surface area contributed by atoms with Crippen molar-refractivity contribution in [2.24, 2.45) is 5.10 Å². The topological polar surface area (TPSA) is 92.0 Å². The van der Waals surface area contributed by atoms with Crippen LogP contribution in [0.1, 0.15) is 70.2 Å². The standard InChI is InChI=1S/C28H31Br2N3O5/c1-4-36-22-14-19(24(29)25(30)26(22)37-16-23(34)38-17(2)3)15-31-33-27(18-10-6-5-7-11-18)32-21-13-9-8-12-20(21)28(33)35/h8-9,12-15,17-18H,4-7,10-11,16H2,1-3H3. The van der Waals surface area contributed by atoms with Gasteiger partial charge < -0.3 is 14.2 Å². The van der Waals surface area contributed by atoms with Crippen LogP contribution in [0.5, 0.6) is 11.5 Å². The highest BCUT2D eigenvalue weighted by Gasteiger charge is 2.23. The van der Waals surface area contributed by atoms with Crippen molar-refractivity contribution in [1.82, 2.24) is 9.66 Å². The smallest absolute Gasteiger partial charge is 0.344 e. The van der Waals surface area contributed by atoms with Gasteiger partial charge in [-0.2, -0.15) is 9.78 Å². The number of carbonyl (C=O) groups is 1. The number of rotatable bonds is 9. The molecule has 0 N–H and O–H groups in total. The monoisotopic (exact) mass is 647 g/mol. The molecule has 202 valence electrons. The Morgan fingerprint density at radius 1 is 1.16 bits per heavy atom. The fraction of sp³-hybridized carbons (Fsp3) is 0.429. The first-order valence-electron chi connectivity index (χ1n) is 12.8. The molecule has 8 nitrogen and oxygen atoms in total. The number of fused-ring (bicyclic) bond motifs is 1. The van der Waals surface area contributed by atoms with Gasteiger partial charge in [-0.05, 0) is 83.7 Å². The zero-order valence-corrected chi connectivity index (χ0v) is 24.9. The third-order valence-electron chi connectivity index (χ3n) is 6.22. The van der Waals surface area contributed by atoms with Crippen LogP contribution in [0.3, 0.4) is 0 Å². The van der Waals surface area contributed by atoms with Crippen LogP contribution in [0.2, 0.25) is 0 Å². The Labute approximate surface area is 238 Å². The van der Waals surface area contributed by atoms with Crippen LogP contribution in [0.15, 0.2) is 49.2 Å². The highest BCUT2D eigenvalue weighted by atomic mass is 79.9. The fourth-order valence-corrected chi connectivity index (χ4v) is 5.46. The summed E-state index contributed by atoms with van der Waals surface area (Å²) in [5, 5.41) is 5.16. The Morgan fingerprint density at radius 3 is 2.61 bits per heavy atom. The molecule has 4 rings (SSSR count). The average molecular weight is 649 g/mol. The molecule has 0 unspecified atom stereocenters. The third-order valence-corrected chi connectivity index (χ3v) is 8.36. The van der Waals surface area contributed by atoms with Crippen molar-refractivity contribution in [2.75, 3.05) is 13.2 Å². The average Bonchev–Trinajstić information content (AvgIpc) is 2.90. The number of hydrogen-bond acceptors (Lipinski definition) is 7. The molecule has 0 bridgehead atoms. The predicted octanol–water partition coefficient (Wildman–Crippen LogP) is 6.58. The quantitative estimate of drug-likeness (QED) is 0.192. The largest absolute Gasteiger partial charge is 0.490 e. The molecule has 2 aromatic carbocycles. The number of para-hydroxylation sites is 1. The molecule has 10 heteroatoms. The summed E-state index contributed by atoms with van der Waals surface area (Å²) >= 11 is 7.15. The Hall–Kier alpha value is -2.72. The molecule has 1 aliphatic rings. The van der Waals surface area contributed by atoms with Crippen molar-refractivity contribution >= 4 is 54.9 Å². The van der Waals surface area contributed by atoms with E-state index in [1.54, 1.807) is 32.2 Å². The van der Waals surface area contributed by atoms with Crippen LogP contribution >= 0.6 is 31.9 Å². The van der Waals surface area contributed by atoms with Gasteiger partial charge >= 0.3 is 5.97 Å². The zero-order chi connectivity index (χ0) is 27.2. The Balaban J connectivity index is 1.73. The molecule has 1 saturated carbocycles. The van der Waals surface area contributed by atoms with E-state index in [1.165, 1.54) is 11.1 Å². The Morgan fingerprint density at radius 2 is 1.89 bits per heavy atom. The van der Waals surface area contributed by atoms with Gasteiger partial charge in [-0.25, -0.2) is 9.78 Å². The molecule has 3 aromatic rings. The minimum atomic E-state index is -0.477. The van der Waals surface area contributed by atoms with E-state index in [0.29, 0.717) is 49.3 Å². The summed E-state index contributed by atoms with van der Waals surface area (Å²) in [6, 6.07) is 9.12. The first kappa shape index (κ1) is 28.3. The van der Waals surface area contributed by atoms with Gasteiger partial charge in [0, 0.05) is 16.0 Å². The summed E-state index contributed by atoms with van der Waals surface area (Å²) in [7, 11) is 0. The molecule has 0 atom stereocenters. The number of ether oxygens (including phenoxy) is 3. The summed E-state index contributed by atoms with van der Waals surface area (Å²) in [6.07, 6.45) is 6.75. The summed E-state index contributed by atoms with van der Waals surface area (Å²) in [5.74, 6) is 1.18. The molecule has 0 saturated heterocycles. The number of nitrogens with zero attached hydrogens (tertiary/aromatic N) is 3. The van der Waals surface area contributed by atoms with Gasteiger partial charge in [0.05, 0.1) is 34.3 Å². The van der Waals surface area contributed by atoms with Crippen LogP contribution in [0, 0.1) is 0 Å². The molecule has 1 aliphatic carbocycles. The van der Waals surface area contributed by atoms with Crippen LogP contribution < -0.4 is 15.0 Å². The van der Waals surface area contributed by atoms with Crippen LogP contribution in [0.4, 0.5) is 0 Å². The minimum absolute atomic E-state index is 0.175. The third kappa shape index (κ3) is 6.46. The highest BCUT2D eigenvalue weighted by molar-refractivity contribution is 9.13. The van der Waals surface area contributed by atoms with E-state index in [0.717, 1.165) is 25.7 Å². The van der Waals surface area contributed by atoms with Crippen molar-refractivity contribution in [1.29, 1.82) is 0 Å². The van der Waals surface area contributed by atoms with Crippen LogP contribution in [-0.4, -0.2) is 41.2 Å². The lowest BCUT2D eigenvalue weighted by atomic mass is 9.88. The predicted molar refractivity (Wildman–Crippen MR) is 155 cm³/mol. The van der Waals surface area contributed by atoms with Crippen molar-refractivity contribution < 1.29 is 19.0 Å². The van der Waals surface area contributed by atoms with E-state index in [4.69, 9.17) is 19.2 Å². The lowest BCUT2D eigenvalue weighted by molar-refractivity contribution is -0.149. The summed E-state index contributed by atoms with van der Waals surface area (Å²) in [4.78, 5) is 30.4. The van der Waals surface area contributed by atoms with Gasteiger partial charge in [0.2, 0.25) is 0 Å². The highest BCUT2D eigenvalue weighted by Crippen LogP contribution is 2.42. The Bertz CT molecular complexity index is 1400. The van der Waals surface area contributed by atoms with Gasteiger partial charge in [0.15, 0.2) is 18.1 Å². The number of esters is 1. The molecule has 1 heterocycles. The Kier molecular flexibility index (Phi) is 9.59. The SMILES string of the molecule is CCOc1cc(C=Nn2c(C3CCCCC3)nc3ccccc3c2=O)c(Br)c(Br)c1OCC(=O)OC(C)C. The van der Waals surface area contributed by atoms with Crippen LogP contribution in [0.25, 0.3) is 10.9 Å². The molecule has 1 fully saturated rings. The lowest BCUT2D eigenvalue weighted by Crippen LogP contribution is -2.25. The number of halogens is 2. The van der Waals surface area contributed by atoms with Gasteiger partial charge in [0.25, 0.3) is 5.56 Å². The maximum absolute atomic E-state index is 13.5. The maximum atomic E-state index is 13.5. The molecular weight excluding hydrogens is 618 g/mol. The maximum Gasteiger partial charge on any atom is 0.344 e. The number of aromatic nitrogens is 2. The fourth-order valence-electron chi connectivity index (χ4n) is 4.52. The number of hydrogen-bond donors (Lipinski definition) is 0. The van der Waals surface area contributed by atoms with Gasteiger partial charge in [-0.1, -0.05) is 31.4 Å². The van der Waals surface area contributed by atoms with E-state index < -0.39 is 5.97 Å². The first-order valence-corrected chi connectivity index (χ1v) is 14.4. The van der Waals surface area contributed by atoms with Crippen molar-refractivity contribution in [2.45, 2.75) is 64.9 Å². The molecule has 0 spiro atoms. The summed E-state index contributed by atoms with van der Waals surface area (Å²) < 4.78 is 19.4. The van der Waals surface area contributed by atoms with Crippen molar-refractivity contribution in [3.63, 3.8) is 0 Å². The second-order valence-electron chi connectivity index (χ2n) is 9.36. The van der Waals surface area contributed by atoms with E-state index in [2.05, 4.69) is 37.0 Å². The normalized spacial score (nSPS) is 14.4. The number of benzene rings is 2. The van der Waals surface area contributed by atoms with Gasteiger partial charge in [0.1, 0.15) is 5.82 Å². The van der Waals surface area contributed by atoms with E-state index in [-0.39, 0.29) is 24.2 Å². The van der Waals surface area contributed by atoms with Gasteiger partial charge in [-0.15, -0.1) is 0 Å². The van der Waals surface area contributed by atoms with Crippen LogP contribution in [-0.2, 0) is 9.53 Å². The summed E-state index contributed by atoms with van der Waals surface area (Å²) in [5.41, 5.74) is 1.15. The van der Waals surface area contributed by atoms with Crippen molar-refractivity contribution in [3.8, 4) is 11.5 Å². The summed E-state index contributed by atoms with van der Waals surface area (Å²) in [6.45, 7) is 5.54. The minimum Gasteiger partial charge on any atom is -0.490 e. The first-order chi connectivity index (χ1) is 18.3. The molecule has 38 heavy (non-hydrogen) atoms. The van der Waals surface area contributed by atoms with E-state index in [9.17, 15) is 9.59 Å². The van der Waals surface area contributed by atoms with Gasteiger partial charge in [-0.3, -0.25) is 4.79 Å². The number of carbonyl (C=O) groups excluding carboxylic acids is 1. The van der Waals surface area contributed by atoms with E-state index in [1.807, 2.05) is 25.1 Å².